The van der Waals surface area contributed by atoms with Gasteiger partial charge in [0.05, 0.1) is 24.5 Å². The minimum Gasteiger partial charge on any atom is -0.378 e. The number of ether oxygens (including phenoxy) is 1. The van der Waals surface area contributed by atoms with Crippen LogP contribution < -0.4 is 20.7 Å². The van der Waals surface area contributed by atoms with Crippen LogP contribution in [0.3, 0.4) is 0 Å². The normalized spacial score (nSPS) is 15.4. The number of urea groups is 1. The van der Waals surface area contributed by atoms with E-state index in [0.717, 1.165) is 17.7 Å². The zero-order valence-corrected chi connectivity index (χ0v) is 25.2. The zero-order valence-electron chi connectivity index (χ0n) is 25.2. The van der Waals surface area contributed by atoms with Crippen LogP contribution in [0.1, 0.15) is 21.5 Å². The largest absolute Gasteiger partial charge is 0.416 e. The van der Waals surface area contributed by atoms with Crippen molar-refractivity contribution in [3.05, 3.63) is 100.0 Å². The average molecular weight is 633 g/mol. The average Bonchev–Trinajstić information content (AvgIpc) is 3.44. The molecule has 1 N–H and O–H groups in total. The van der Waals surface area contributed by atoms with Crippen LogP contribution in [-0.2, 0) is 18.0 Å². The van der Waals surface area contributed by atoms with Gasteiger partial charge in [-0.2, -0.15) is 13.2 Å². The zero-order chi connectivity index (χ0) is 32.6. The highest BCUT2D eigenvalue weighted by molar-refractivity contribution is 6.07. The van der Waals surface area contributed by atoms with E-state index >= 15 is 0 Å². The summed E-state index contributed by atoms with van der Waals surface area (Å²) >= 11 is 0. The van der Waals surface area contributed by atoms with E-state index in [2.05, 4.69) is 10.3 Å². The first-order chi connectivity index (χ1) is 22.0. The van der Waals surface area contributed by atoms with E-state index in [1.54, 1.807) is 59.4 Å². The molecule has 46 heavy (non-hydrogen) atoms. The highest BCUT2D eigenvalue weighted by atomic mass is 19.4. The number of nitrogens with zero attached hydrogens (tertiary/aromatic N) is 5. The van der Waals surface area contributed by atoms with Crippen molar-refractivity contribution in [3.8, 4) is 11.3 Å². The maximum absolute atomic E-state index is 13.4. The summed E-state index contributed by atoms with van der Waals surface area (Å²) in [4.78, 5) is 48.7. The van der Waals surface area contributed by atoms with Gasteiger partial charge in [-0.1, -0.05) is 12.1 Å². The van der Waals surface area contributed by atoms with Crippen molar-refractivity contribution in [2.24, 2.45) is 7.05 Å². The fraction of sp³-hybridized carbons (Fsp3) is 0.273. The van der Waals surface area contributed by atoms with Gasteiger partial charge in [0, 0.05) is 67.6 Å². The summed E-state index contributed by atoms with van der Waals surface area (Å²) in [5.74, 6) is 0.00277. The molecule has 2 aliphatic rings. The van der Waals surface area contributed by atoms with E-state index in [-0.39, 0.29) is 23.3 Å². The van der Waals surface area contributed by atoms with Crippen molar-refractivity contribution in [2.45, 2.75) is 13.1 Å². The molecule has 13 heteroatoms. The topological polar surface area (TPSA) is 100 Å². The molecule has 1 aromatic heterocycles. The number of halogens is 3. The molecular weight excluding hydrogens is 601 g/mol. The molecule has 2 fully saturated rings. The van der Waals surface area contributed by atoms with E-state index in [9.17, 15) is 27.6 Å². The number of hydrogen-bond acceptors (Lipinski definition) is 6. The van der Waals surface area contributed by atoms with Gasteiger partial charge in [0.2, 0.25) is 0 Å². The van der Waals surface area contributed by atoms with Gasteiger partial charge in [-0.15, -0.1) is 0 Å². The van der Waals surface area contributed by atoms with Crippen molar-refractivity contribution in [1.29, 1.82) is 0 Å². The number of benzene rings is 3. The van der Waals surface area contributed by atoms with E-state index in [0.29, 0.717) is 73.3 Å². The minimum absolute atomic E-state index is 0.0831. The first kappa shape index (κ1) is 30.8. The quantitative estimate of drug-likeness (QED) is 0.304. The predicted molar refractivity (Wildman–Crippen MR) is 168 cm³/mol. The number of carbonyl (C=O) groups is 2. The van der Waals surface area contributed by atoms with Gasteiger partial charge in [0.25, 0.3) is 11.5 Å². The molecule has 10 nitrogen and oxygen atoms in total. The molecule has 2 saturated heterocycles. The van der Waals surface area contributed by atoms with Crippen LogP contribution in [0.5, 0.6) is 0 Å². The lowest BCUT2D eigenvalue weighted by Gasteiger charge is -2.26. The lowest BCUT2D eigenvalue weighted by Crippen LogP contribution is -2.40. The summed E-state index contributed by atoms with van der Waals surface area (Å²) < 4.78 is 45.8. The molecule has 0 radical (unpaired) electrons. The summed E-state index contributed by atoms with van der Waals surface area (Å²) in [7, 11) is 1.62. The van der Waals surface area contributed by atoms with Crippen LogP contribution >= 0.6 is 0 Å². The summed E-state index contributed by atoms with van der Waals surface area (Å²) in [5.41, 5.74) is 2.92. The van der Waals surface area contributed by atoms with Crippen LogP contribution in [0.25, 0.3) is 11.3 Å². The molecule has 0 spiro atoms. The molecule has 4 aromatic rings. The molecule has 0 aliphatic carbocycles. The van der Waals surface area contributed by atoms with Gasteiger partial charge < -0.3 is 19.5 Å². The molecule has 238 valence electrons. The van der Waals surface area contributed by atoms with Gasteiger partial charge in [-0.3, -0.25) is 19.4 Å². The van der Waals surface area contributed by atoms with Gasteiger partial charge in [0.15, 0.2) is 5.82 Å². The second-order valence-electron chi connectivity index (χ2n) is 11.1. The SMILES string of the molecule is Cc1c(-c2cn(C)c(=O)c(Nc3ccc(C(=O)N4CCOCC4)cc3)n2)cccc1N1CCN(c2ccc(C(F)(F)F)cc2)C1=O. The monoisotopic (exact) mass is 632 g/mol. The summed E-state index contributed by atoms with van der Waals surface area (Å²) in [6.45, 7) is 4.58. The Hall–Kier alpha value is -5.17. The number of carbonyl (C=O) groups excluding carboxylic acids is 2. The standard InChI is InChI=1S/C33H31F3N6O4/c1-21-26(4-3-5-28(21)42-15-14-41(32(42)45)25-12-8-23(9-13-25)33(34,35)36)27-20-39(2)31(44)29(38-27)37-24-10-6-22(7-11-24)30(43)40-16-18-46-19-17-40/h3-13,20H,14-19H2,1-2H3,(H,37,38). The van der Waals surface area contributed by atoms with Crippen molar-refractivity contribution >= 4 is 34.8 Å². The third-order valence-electron chi connectivity index (χ3n) is 8.15. The predicted octanol–water partition coefficient (Wildman–Crippen LogP) is 5.44. The molecule has 0 bridgehead atoms. The highest BCUT2D eigenvalue weighted by Gasteiger charge is 2.34. The lowest BCUT2D eigenvalue weighted by atomic mass is 10.0. The maximum atomic E-state index is 13.4. The Labute approximate surface area is 262 Å². The molecule has 0 unspecified atom stereocenters. The molecule has 6 rings (SSSR count). The van der Waals surface area contributed by atoms with Crippen LogP contribution in [-0.4, -0.2) is 65.8 Å². The summed E-state index contributed by atoms with van der Waals surface area (Å²) in [6, 6.07) is 16.4. The summed E-state index contributed by atoms with van der Waals surface area (Å²) in [6.07, 6.45) is -2.85. The fourth-order valence-corrected chi connectivity index (χ4v) is 5.62. The molecule has 2 aliphatic heterocycles. The van der Waals surface area contributed by atoms with E-state index < -0.39 is 11.7 Å². The first-order valence-electron chi connectivity index (χ1n) is 14.7. The van der Waals surface area contributed by atoms with Crippen molar-refractivity contribution in [3.63, 3.8) is 0 Å². The maximum Gasteiger partial charge on any atom is 0.416 e. The van der Waals surface area contributed by atoms with Crippen LogP contribution in [0, 0.1) is 6.92 Å². The van der Waals surface area contributed by atoms with Crippen LogP contribution in [0.2, 0.25) is 0 Å². The number of aryl methyl sites for hydroxylation is 1. The fourth-order valence-electron chi connectivity index (χ4n) is 5.62. The number of anilines is 4. The number of morpholine rings is 1. The first-order valence-corrected chi connectivity index (χ1v) is 14.7. The van der Waals surface area contributed by atoms with Crippen LogP contribution in [0.4, 0.5) is 40.8 Å². The van der Waals surface area contributed by atoms with E-state index in [4.69, 9.17) is 4.74 Å². The Kier molecular flexibility index (Phi) is 8.26. The van der Waals surface area contributed by atoms with E-state index in [1.165, 1.54) is 21.6 Å². The van der Waals surface area contributed by atoms with Crippen molar-refractivity contribution in [1.82, 2.24) is 14.5 Å². The highest BCUT2D eigenvalue weighted by Crippen LogP contribution is 2.35. The second-order valence-corrected chi connectivity index (χ2v) is 11.1. The molecular formula is C33H31F3N6O4. The Balaban J connectivity index is 1.23. The lowest BCUT2D eigenvalue weighted by molar-refractivity contribution is -0.137. The third-order valence-corrected chi connectivity index (χ3v) is 8.15. The molecule has 0 atom stereocenters. The minimum atomic E-state index is -4.46. The molecule has 3 aromatic carbocycles. The molecule has 3 amide bonds. The van der Waals surface area contributed by atoms with Crippen molar-refractivity contribution < 1.29 is 27.5 Å². The Bertz CT molecular complexity index is 1830. The Morgan fingerprint density at radius 2 is 1.57 bits per heavy atom. The number of alkyl halides is 3. The second kappa shape index (κ2) is 12.3. The van der Waals surface area contributed by atoms with E-state index in [1.807, 2.05) is 13.0 Å². The van der Waals surface area contributed by atoms with Crippen LogP contribution in [0.15, 0.2) is 77.7 Å². The smallest absolute Gasteiger partial charge is 0.378 e. The van der Waals surface area contributed by atoms with Gasteiger partial charge >= 0.3 is 12.2 Å². The number of rotatable bonds is 6. The summed E-state index contributed by atoms with van der Waals surface area (Å²) in [5, 5.41) is 3.07. The number of amides is 3. The van der Waals surface area contributed by atoms with Gasteiger partial charge in [0.1, 0.15) is 0 Å². The Morgan fingerprint density at radius 3 is 2.24 bits per heavy atom. The Morgan fingerprint density at radius 1 is 0.891 bits per heavy atom. The third kappa shape index (κ3) is 6.05. The number of hydrogen-bond donors (Lipinski definition) is 1. The van der Waals surface area contributed by atoms with Gasteiger partial charge in [-0.05, 0) is 67.1 Å². The van der Waals surface area contributed by atoms with Crippen molar-refractivity contribution in [2.75, 3.05) is 54.5 Å². The molecule has 0 saturated carbocycles. The number of nitrogens with one attached hydrogen (secondary N) is 1. The van der Waals surface area contributed by atoms with Gasteiger partial charge in [-0.25, -0.2) is 9.78 Å². The molecule has 3 heterocycles. The number of aromatic nitrogens is 2.